The summed E-state index contributed by atoms with van der Waals surface area (Å²) in [6, 6.07) is -1.66. The van der Waals surface area contributed by atoms with Crippen LogP contribution in [-0.4, -0.2) is 51.9 Å². The Morgan fingerprint density at radius 2 is 2.14 bits per heavy atom. The lowest BCUT2D eigenvalue weighted by atomic mass is 9.73. The predicted molar refractivity (Wildman–Crippen MR) is 75.8 cm³/mol. The van der Waals surface area contributed by atoms with Gasteiger partial charge < -0.3 is 15.7 Å². The lowest BCUT2D eigenvalue weighted by molar-refractivity contribution is -0.142. The molecule has 0 aromatic carbocycles. The van der Waals surface area contributed by atoms with E-state index in [1.165, 1.54) is 6.92 Å². The highest BCUT2D eigenvalue weighted by Gasteiger charge is 2.55. The summed E-state index contributed by atoms with van der Waals surface area (Å²) >= 11 is 0. The van der Waals surface area contributed by atoms with Gasteiger partial charge in [0.2, 0.25) is 5.91 Å². The maximum absolute atomic E-state index is 12.6. The minimum Gasteiger partial charge on any atom is -0.480 e. The van der Waals surface area contributed by atoms with Gasteiger partial charge in [0.1, 0.15) is 18.1 Å². The minimum absolute atomic E-state index is 0.0173. The summed E-state index contributed by atoms with van der Waals surface area (Å²) < 4.78 is 0. The van der Waals surface area contributed by atoms with Crippen molar-refractivity contribution in [3.8, 4) is 0 Å². The zero-order valence-corrected chi connectivity index (χ0v) is 12.7. The molecule has 3 N–H and O–H groups in total. The van der Waals surface area contributed by atoms with Crippen LogP contribution in [0, 0.1) is 5.92 Å². The molecule has 1 heterocycles. The van der Waals surface area contributed by atoms with Crippen LogP contribution >= 0.6 is 0 Å². The molecule has 0 bridgehead atoms. The number of nitrogens with one attached hydrogen (secondary N) is 2. The molecule has 22 heavy (non-hydrogen) atoms. The van der Waals surface area contributed by atoms with Crippen molar-refractivity contribution in [3.63, 3.8) is 0 Å². The summed E-state index contributed by atoms with van der Waals surface area (Å²) in [6.45, 7) is 2.78. The van der Waals surface area contributed by atoms with E-state index in [4.69, 9.17) is 5.11 Å². The first-order valence-corrected chi connectivity index (χ1v) is 7.44. The van der Waals surface area contributed by atoms with Gasteiger partial charge in [-0.25, -0.2) is 4.79 Å². The SMILES string of the molecule is CC(NC(=O)CN1C(=O)NC2(CCCCC2C)C1=O)C(=O)O. The Bertz CT molecular complexity index is 521. The van der Waals surface area contributed by atoms with Crippen LogP contribution in [0.4, 0.5) is 4.79 Å². The smallest absolute Gasteiger partial charge is 0.325 e. The van der Waals surface area contributed by atoms with Crippen molar-refractivity contribution in [2.45, 2.75) is 51.1 Å². The Hall–Kier alpha value is -2.12. The van der Waals surface area contributed by atoms with Crippen molar-refractivity contribution in [3.05, 3.63) is 0 Å². The van der Waals surface area contributed by atoms with E-state index in [9.17, 15) is 19.2 Å². The number of nitrogens with zero attached hydrogens (tertiary/aromatic N) is 1. The van der Waals surface area contributed by atoms with Crippen LogP contribution in [0.1, 0.15) is 39.5 Å². The monoisotopic (exact) mass is 311 g/mol. The minimum atomic E-state index is -1.18. The molecule has 1 saturated heterocycles. The van der Waals surface area contributed by atoms with Crippen molar-refractivity contribution in [2.75, 3.05) is 6.54 Å². The van der Waals surface area contributed by atoms with Gasteiger partial charge in [-0.05, 0) is 25.7 Å². The van der Waals surface area contributed by atoms with E-state index in [-0.39, 0.29) is 11.8 Å². The maximum Gasteiger partial charge on any atom is 0.325 e. The molecule has 2 rings (SSSR count). The van der Waals surface area contributed by atoms with E-state index >= 15 is 0 Å². The van der Waals surface area contributed by atoms with Crippen molar-refractivity contribution >= 4 is 23.8 Å². The second-order valence-corrected chi connectivity index (χ2v) is 6.07. The fraction of sp³-hybridized carbons (Fsp3) is 0.714. The Balaban J connectivity index is 2.06. The summed E-state index contributed by atoms with van der Waals surface area (Å²) in [5.41, 5.74) is -0.909. The van der Waals surface area contributed by atoms with Gasteiger partial charge in [-0.1, -0.05) is 19.8 Å². The first-order chi connectivity index (χ1) is 10.3. The molecule has 1 spiro atoms. The zero-order valence-electron chi connectivity index (χ0n) is 12.7. The fourth-order valence-electron chi connectivity index (χ4n) is 3.13. The molecule has 2 fully saturated rings. The van der Waals surface area contributed by atoms with Gasteiger partial charge in [-0.15, -0.1) is 0 Å². The Morgan fingerprint density at radius 1 is 1.45 bits per heavy atom. The molecule has 3 unspecified atom stereocenters. The first kappa shape index (κ1) is 16.3. The van der Waals surface area contributed by atoms with Crippen molar-refractivity contribution in [1.29, 1.82) is 0 Å². The number of imide groups is 1. The molecular formula is C14H21N3O5. The van der Waals surface area contributed by atoms with Crippen LogP contribution in [-0.2, 0) is 14.4 Å². The van der Waals surface area contributed by atoms with E-state index in [2.05, 4.69) is 10.6 Å². The lowest BCUT2D eigenvalue weighted by Crippen LogP contribution is -2.54. The topological polar surface area (TPSA) is 116 Å². The molecule has 122 valence electrons. The normalized spacial score (nSPS) is 29.4. The molecule has 3 atom stereocenters. The molecule has 0 radical (unpaired) electrons. The number of carboxylic acid groups (broad SMARTS) is 1. The number of carbonyl (C=O) groups is 4. The van der Waals surface area contributed by atoms with E-state index in [1.54, 1.807) is 0 Å². The van der Waals surface area contributed by atoms with Crippen LogP contribution in [0.5, 0.6) is 0 Å². The summed E-state index contributed by atoms with van der Waals surface area (Å²) in [6.07, 6.45) is 3.29. The predicted octanol–water partition coefficient (Wildman–Crippen LogP) is 0.0764. The number of carbonyl (C=O) groups excluding carboxylic acids is 3. The highest BCUT2D eigenvalue weighted by molar-refractivity contribution is 6.09. The number of aliphatic carboxylic acids is 1. The van der Waals surface area contributed by atoms with E-state index in [0.717, 1.165) is 24.2 Å². The Kier molecular flexibility index (Phi) is 4.39. The number of hydrogen-bond donors (Lipinski definition) is 3. The molecule has 8 heteroatoms. The average Bonchev–Trinajstić information content (AvgIpc) is 2.67. The van der Waals surface area contributed by atoms with Gasteiger partial charge in [0.05, 0.1) is 0 Å². The number of carboxylic acids is 1. The standard InChI is InChI=1S/C14H21N3O5/c1-8-5-3-4-6-14(8)12(21)17(13(22)16-14)7-10(18)15-9(2)11(19)20/h8-9H,3-7H2,1-2H3,(H,15,18)(H,16,22)(H,19,20). The number of hydrogen-bond acceptors (Lipinski definition) is 4. The van der Waals surface area contributed by atoms with Crippen molar-refractivity contribution in [2.24, 2.45) is 5.92 Å². The van der Waals surface area contributed by atoms with Gasteiger partial charge in [0.15, 0.2) is 0 Å². The third kappa shape index (κ3) is 2.77. The van der Waals surface area contributed by atoms with E-state index in [1.807, 2.05) is 6.92 Å². The van der Waals surface area contributed by atoms with Crippen LogP contribution in [0.25, 0.3) is 0 Å². The third-order valence-corrected chi connectivity index (χ3v) is 4.55. The lowest BCUT2D eigenvalue weighted by Gasteiger charge is -2.36. The molecule has 1 saturated carbocycles. The van der Waals surface area contributed by atoms with Crippen LogP contribution in [0.2, 0.25) is 0 Å². The Labute approximate surface area is 128 Å². The molecule has 0 aromatic rings. The zero-order chi connectivity index (χ0) is 16.5. The van der Waals surface area contributed by atoms with Gasteiger partial charge in [0.25, 0.3) is 5.91 Å². The molecule has 8 nitrogen and oxygen atoms in total. The highest BCUT2D eigenvalue weighted by atomic mass is 16.4. The van der Waals surface area contributed by atoms with Crippen molar-refractivity contribution in [1.82, 2.24) is 15.5 Å². The molecule has 2 aliphatic rings. The van der Waals surface area contributed by atoms with Gasteiger partial charge in [0, 0.05) is 0 Å². The maximum atomic E-state index is 12.6. The van der Waals surface area contributed by atoms with E-state index in [0.29, 0.717) is 6.42 Å². The van der Waals surface area contributed by atoms with Crippen LogP contribution in [0.15, 0.2) is 0 Å². The summed E-state index contributed by atoms with van der Waals surface area (Å²) in [7, 11) is 0. The molecule has 1 aliphatic carbocycles. The number of rotatable bonds is 4. The van der Waals surface area contributed by atoms with Gasteiger partial charge >= 0.3 is 12.0 Å². The summed E-state index contributed by atoms with van der Waals surface area (Å²) in [4.78, 5) is 48.1. The van der Waals surface area contributed by atoms with Crippen LogP contribution < -0.4 is 10.6 Å². The second kappa shape index (κ2) is 5.94. The van der Waals surface area contributed by atoms with Crippen molar-refractivity contribution < 1.29 is 24.3 Å². The van der Waals surface area contributed by atoms with Gasteiger partial charge in [-0.3, -0.25) is 19.3 Å². The van der Waals surface area contributed by atoms with E-state index < -0.39 is 36.0 Å². The largest absolute Gasteiger partial charge is 0.480 e. The van der Waals surface area contributed by atoms with Gasteiger partial charge in [-0.2, -0.15) is 0 Å². The molecule has 0 aromatic heterocycles. The fourth-order valence-corrected chi connectivity index (χ4v) is 3.13. The second-order valence-electron chi connectivity index (χ2n) is 6.07. The first-order valence-electron chi connectivity index (χ1n) is 7.44. The number of amides is 4. The molecule has 4 amide bonds. The molecular weight excluding hydrogens is 290 g/mol. The number of urea groups is 1. The molecule has 1 aliphatic heterocycles. The quantitative estimate of drug-likeness (QED) is 0.636. The summed E-state index contributed by atoms with van der Waals surface area (Å²) in [5, 5.41) is 13.7. The highest BCUT2D eigenvalue weighted by Crippen LogP contribution is 2.38. The third-order valence-electron chi connectivity index (χ3n) is 4.55. The average molecular weight is 311 g/mol. The summed E-state index contributed by atoms with van der Waals surface area (Å²) in [5.74, 6) is -2.21. The Morgan fingerprint density at radius 3 is 2.73 bits per heavy atom. The van der Waals surface area contributed by atoms with Crippen LogP contribution in [0.3, 0.4) is 0 Å².